The van der Waals surface area contributed by atoms with Crippen molar-refractivity contribution in [2.24, 2.45) is 21.7 Å². The molecule has 0 radical (unpaired) electrons. The van der Waals surface area contributed by atoms with Crippen LogP contribution in [0.15, 0.2) is 34.5 Å². The van der Waals surface area contributed by atoms with Gasteiger partial charge in [0, 0.05) is 0 Å². The molecule has 0 bridgehead atoms. The van der Waals surface area contributed by atoms with E-state index in [-0.39, 0.29) is 15.9 Å². The maximum Gasteiger partial charge on any atom is 0.262 e. The normalized spacial score (nSPS) is 15.2. The van der Waals surface area contributed by atoms with E-state index in [9.17, 15) is 9.59 Å². The second-order valence-corrected chi connectivity index (χ2v) is 5.83. The van der Waals surface area contributed by atoms with Crippen LogP contribution < -0.4 is 22.3 Å². The number of nitrogens with two attached hydrogens (primary N) is 2. The van der Waals surface area contributed by atoms with Crippen molar-refractivity contribution >= 4 is 58.4 Å². The Balaban J connectivity index is 2.31. The molecule has 9 nitrogen and oxygen atoms in total. The molecule has 1 heterocycles. The van der Waals surface area contributed by atoms with Crippen molar-refractivity contribution in [3.05, 3.63) is 35.4 Å². The lowest BCUT2D eigenvalue weighted by Gasteiger charge is -2.22. The Labute approximate surface area is 154 Å². The van der Waals surface area contributed by atoms with Gasteiger partial charge in [0.15, 0.2) is 10.2 Å². The summed E-state index contributed by atoms with van der Waals surface area (Å²) in [5.41, 5.74) is 16.3. The molecule has 6 N–H and O–H groups in total. The number of amides is 2. The molecule has 1 aromatic carbocycles. The van der Waals surface area contributed by atoms with Crippen molar-refractivity contribution in [3.8, 4) is 0 Å². The third-order valence-electron chi connectivity index (χ3n) is 3.31. The largest absolute Gasteiger partial charge is 0.375 e. The van der Waals surface area contributed by atoms with E-state index in [1.54, 1.807) is 31.2 Å². The molecular weight excluding hydrogens is 362 g/mol. The SMILES string of the molecule is CC(C(C=NNC(N)=S)=NNC(N)=S)N1C(=O)c2ccccc2C1=O. The van der Waals surface area contributed by atoms with Gasteiger partial charge in [-0.05, 0) is 43.5 Å². The molecule has 2 rings (SSSR count). The van der Waals surface area contributed by atoms with Crippen LogP contribution in [-0.4, -0.2) is 44.9 Å². The first-order valence-electron chi connectivity index (χ1n) is 7.01. The molecule has 2 amide bonds. The summed E-state index contributed by atoms with van der Waals surface area (Å²) >= 11 is 9.35. The van der Waals surface area contributed by atoms with Crippen molar-refractivity contribution < 1.29 is 9.59 Å². The lowest BCUT2D eigenvalue weighted by molar-refractivity contribution is 0.0636. The van der Waals surface area contributed by atoms with Crippen molar-refractivity contribution in [1.29, 1.82) is 0 Å². The van der Waals surface area contributed by atoms with Crippen LogP contribution >= 0.6 is 24.4 Å². The predicted molar refractivity (Wildman–Crippen MR) is 102 cm³/mol. The highest BCUT2D eigenvalue weighted by atomic mass is 32.1. The zero-order valence-electron chi connectivity index (χ0n) is 13.1. The van der Waals surface area contributed by atoms with Gasteiger partial charge in [0.1, 0.15) is 5.71 Å². The highest BCUT2D eigenvalue weighted by molar-refractivity contribution is 7.80. The summed E-state index contributed by atoms with van der Waals surface area (Å²) in [5.74, 6) is -0.848. The van der Waals surface area contributed by atoms with Crippen LogP contribution in [0.1, 0.15) is 27.6 Å². The molecule has 25 heavy (non-hydrogen) atoms. The van der Waals surface area contributed by atoms with Gasteiger partial charge in [-0.25, -0.2) is 0 Å². The summed E-state index contributed by atoms with van der Waals surface area (Å²) in [5, 5.41) is 7.64. The summed E-state index contributed by atoms with van der Waals surface area (Å²) < 4.78 is 0. The lowest BCUT2D eigenvalue weighted by atomic mass is 10.1. The highest BCUT2D eigenvalue weighted by Gasteiger charge is 2.39. The Hall–Kier alpha value is -2.92. The van der Waals surface area contributed by atoms with Gasteiger partial charge < -0.3 is 11.5 Å². The summed E-state index contributed by atoms with van der Waals surface area (Å²) in [6.45, 7) is 1.62. The molecule has 1 unspecified atom stereocenters. The van der Waals surface area contributed by atoms with Crippen LogP contribution in [0.2, 0.25) is 0 Å². The zero-order valence-corrected chi connectivity index (χ0v) is 14.7. The van der Waals surface area contributed by atoms with Gasteiger partial charge in [0.25, 0.3) is 11.8 Å². The van der Waals surface area contributed by atoms with E-state index in [0.717, 1.165) is 4.90 Å². The molecule has 11 heteroatoms. The van der Waals surface area contributed by atoms with E-state index in [1.165, 1.54) is 6.21 Å². The molecule has 0 saturated heterocycles. The second-order valence-electron chi connectivity index (χ2n) is 4.95. The smallest absolute Gasteiger partial charge is 0.262 e. The monoisotopic (exact) mass is 377 g/mol. The maximum absolute atomic E-state index is 12.6. The standard InChI is InChI=1S/C14H15N7O2S2/c1-7(10(18-20-14(16)25)6-17-19-13(15)24)21-11(22)8-4-2-3-5-9(8)12(21)23/h2-7H,1H3,(H3,15,19,24)(H3,16,20,25). The molecule has 0 spiro atoms. The van der Waals surface area contributed by atoms with Gasteiger partial charge in [-0.15, -0.1) is 0 Å². The zero-order chi connectivity index (χ0) is 18.6. The van der Waals surface area contributed by atoms with E-state index < -0.39 is 17.9 Å². The molecular formula is C14H15N7O2S2. The molecule has 130 valence electrons. The summed E-state index contributed by atoms with van der Waals surface area (Å²) in [6, 6.07) is 5.82. The van der Waals surface area contributed by atoms with Crippen LogP contribution in [0.3, 0.4) is 0 Å². The summed E-state index contributed by atoms with van der Waals surface area (Å²) in [7, 11) is 0. The minimum absolute atomic E-state index is 0.0497. The fourth-order valence-electron chi connectivity index (χ4n) is 2.20. The number of thiocarbonyl (C=S) groups is 2. The van der Waals surface area contributed by atoms with E-state index in [2.05, 4.69) is 33.3 Å². The Kier molecular flexibility index (Phi) is 5.72. The van der Waals surface area contributed by atoms with Crippen LogP contribution in [0.4, 0.5) is 0 Å². The predicted octanol–water partition coefficient (Wildman–Crippen LogP) is -0.321. The number of carbonyl (C=O) groups excluding carboxylic acids is 2. The molecule has 0 aromatic heterocycles. The van der Waals surface area contributed by atoms with E-state index in [4.69, 9.17) is 23.7 Å². The Morgan fingerprint density at radius 1 is 1.12 bits per heavy atom. The van der Waals surface area contributed by atoms with E-state index in [0.29, 0.717) is 11.1 Å². The molecule has 1 aliphatic heterocycles. The van der Waals surface area contributed by atoms with Crippen LogP contribution in [0, 0.1) is 0 Å². The minimum Gasteiger partial charge on any atom is -0.375 e. The van der Waals surface area contributed by atoms with Gasteiger partial charge in [0.2, 0.25) is 0 Å². The molecule has 0 saturated carbocycles. The minimum atomic E-state index is -0.744. The van der Waals surface area contributed by atoms with Crippen molar-refractivity contribution in [2.45, 2.75) is 13.0 Å². The Bertz CT molecular complexity index is 771. The molecule has 0 aliphatic carbocycles. The molecule has 1 atom stereocenters. The van der Waals surface area contributed by atoms with Gasteiger partial charge in [-0.2, -0.15) is 10.2 Å². The fraction of sp³-hybridized carbons (Fsp3) is 0.143. The van der Waals surface area contributed by atoms with E-state index >= 15 is 0 Å². The maximum atomic E-state index is 12.6. The number of hydrazone groups is 2. The first-order valence-corrected chi connectivity index (χ1v) is 7.83. The number of rotatable bonds is 5. The van der Waals surface area contributed by atoms with Gasteiger partial charge in [-0.1, -0.05) is 12.1 Å². The van der Waals surface area contributed by atoms with Gasteiger partial charge >= 0.3 is 0 Å². The van der Waals surface area contributed by atoms with Crippen LogP contribution in [-0.2, 0) is 0 Å². The van der Waals surface area contributed by atoms with Crippen molar-refractivity contribution in [1.82, 2.24) is 15.8 Å². The number of carbonyl (C=O) groups is 2. The average Bonchev–Trinajstić information content (AvgIpc) is 2.81. The summed E-state index contributed by atoms with van der Waals surface area (Å²) in [6.07, 6.45) is 1.26. The number of nitrogens with zero attached hydrogens (tertiary/aromatic N) is 3. The highest BCUT2D eigenvalue weighted by Crippen LogP contribution is 2.24. The second kappa shape index (κ2) is 7.77. The first-order chi connectivity index (χ1) is 11.8. The number of hydrogen-bond donors (Lipinski definition) is 4. The van der Waals surface area contributed by atoms with Crippen LogP contribution in [0.5, 0.6) is 0 Å². The van der Waals surface area contributed by atoms with Gasteiger partial charge in [0.05, 0.1) is 23.4 Å². The average molecular weight is 377 g/mol. The number of benzene rings is 1. The molecule has 0 fully saturated rings. The number of fused-ring (bicyclic) bond motifs is 1. The van der Waals surface area contributed by atoms with E-state index in [1.807, 2.05) is 0 Å². The molecule has 1 aliphatic rings. The molecule has 1 aromatic rings. The quantitative estimate of drug-likeness (QED) is 0.237. The fourth-order valence-corrected chi connectivity index (χ4v) is 2.30. The topological polar surface area (TPSA) is 138 Å². The Morgan fingerprint density at radius 3 is 2.12 bits per heavy atom. The first kappa shape index (κ1) is 18.4. The number of imide groups is 1. The summed E-state index contributed by atoms with van der Waals surface area (Å²) in [4.78, 5) is 26.2. The third kappa shape index (κ3) is 4.14. The van der Waals surface area contributed by atoms with Gasteiger partial charge in [-0.3, -0.25) is 25.3 Å². The lowest BCUT2D eigenvalue weighted by Crippen LogP contribution is -2.44. The van der Waals surface area contributed by atoms with Crippen molar-refractivity contribution in [2.75, 3.05) is 0 Å². The number of hydrogen-bond acceptors (Lipinski definition) is 6. The number of nitrogens with one attached hydrogen (secondary N) is 2. The third-order valence-corrected chi connectivity index (χ3v) is 3.49. The van der Waals surface area contributed by atoms with Crippen LogP contribution in [0.25, 0.3) is 0 Å². The van der Waals surface area contributed by atoms with Crippen molar-refractivity contribution in [3.63, 3.8) is 0 Å². The Morgan fingerprint density at radius 2 is 1.64 bits per heavy atom.